The zero-order chi connectivity index (χ0) is 20.8. The summed E-state index contributed by atoms with van der Waals surface area (Å²) in [6.07, 6.45) is 20.2. The molecule has 0 aliphatic carbocycles. The Labute approximate surface area is 171 Å². The highest BCUT2D eigenvalue weighted by Crippen LogP contribution is 2.22. The number of aryl methyl sites for hydroxylation is 1. The van der Waals surface area contributed by atoms with Gasteiger partial charge in [-0.3, -0.25) is 0 Å². The molecule has 0 saturated heterocycles. The molecule has 1 rings (SSSR count). The predicted molar refractivity (Wildman–Crippen MR) is 127 cm³/mol. The van der Waals surface area contributed by atoms with Crippen LogP contribution in [0.1, 0.15) is 50.3 Å². The molecule has 1 aromatic rings. The van der Waals surface area contributed by atoms with Gasteiger partial charge in [0.05, 0.1) is 11.3 Å². The highest BCUT2D eigenvalue weighted by atomic mass is 14.9. The third kappa shape index (κ3) is 8.14. The van der Waals surface area contributed by atoms with Gasteiger partial charge in [0.2, 0.25) is 0 Å². The molecule has 0 amide bonds. The van der Waals surface area contributed by atoms with Gasteiger partial charge in [0.25, 0.3) is 0 Å². The van der Waals surface area contributed by atoms with Crippen LogP contribution in [0.5, 0.6) is 0 Å². The van der Waals surface area contributed by atoms with E-state index in [-0.39, 0.29) is 0 Å². The molecule has 1 unspecified atom stereocenters. The minimum atomic E-state index is 0.554. The largest absolute Gasteiger partial charge is 0.358 e. The van der Waals surface area contributed by atoms with Crippen molar-refractivity contribution in [2.45, 2.75) is 40.5 Å². The summed E-state index contributed by atoms with van der Waals surface area (Å²) in [5.74, 6) is 3.43. The van der Waals surface area contributed by atoms with Crippen LogP contribution in [0.15, 0.2) is 79.1 Å². The monoisotopic (exact) mass is 371 g/mol. The fourth-order valence-corrected chi connectivity index (χ4v) is 2.58. The van der Waals surface area contributed by atoms with Crippen molar-refractivity contribution in [2.24, 2.45) is 5.92 Å². The zero-order valence-corrected chi connectivity index (χ0v) is 17.7. The smallest absolute Gasteiger partial charge is 0.0549 e. The summed E-state index contributed by atoms with van der Waals surface area (Å²) in [6.45, 7) is 12.4. The Bertz CT molecular complexity index is 830. The third-order valence-electron chi connectivity index (χ3n) is 4.32. The maximum absolute atomic E-state index is 5.93. The van der Waals surface area contributed by atoms with Crippen molar-refractivity contribution in [3.05, 3.63) is 95.7 Å². The molecular formula is C27H33N. The number of terminal acetylenes is 1. The molecule has 0 saturated carbocycles. The average molecular weight is 372 g/mol. The number of hydrogen-bond donors (Lipinski definition) is 1. The van der Waals surface area contributed by atoms with Crippen molar-refractivity contribution in [3.8, 4) is 12.3 Å². The molecule has 1 nitrogen and oxygen atoms in total. The van der Waals surface area contributed by atoms with Gasteiger partial charge in [-0.25, -0.2) is 0 Å². The molecule has 0 aliphatic rings. The normalized spacial score (nSPS) is 12.5. The highest BCUT2D eigenvalue weighted by Gasteiger charge is 2.04. The summed E-state index contributed by atoms with van der Waals surface area (Å²) in [5.41, 5.74) is 4.91. The van der Waals surface area contributed by atoms with Crippen LogP contribution in [0.25, 0.3) is 6.08 Å². The molecule has 0 spiro atoms. The molecule has 0 bridgehead atoms. The fraction of sp³-hybridized carbons (Fsp3) is 0.259. The summed E-state index contributed by atoms with van der Waals surface area (Å²) < 4.78 is 0. The third-order valence-corrected chi connectivity index (χ3v) is 4.32. The molecule has 28 heavy (non-hydrogen) atoms. The molecule has 0 aromatic heterocycles. The quantitative estimate of drug-likeness (QED) is 0.282. The van der Waals surface area contributed by atoms with Gasteiger partial charge in [-0.15, -0.1) is 13.0 Å². The predicted octanol–water partition coefficient (Wildman–Crippen LogP) is 7.61. The van der Waals surface area contributed by atoms with Crippen LogP contribution >= 0.6 is 0 Å². The summed E-state index contributed by atoms with van der Waals surface area (Å²) in [7, 11) is 0. The van der Waals surface area contributed by atoms with E-state index in [4.69, 9.17) is 6.42 Å². The van der Waals surface area contributed by atoms with Crippen molar-refractivity contribution in [2.75, 3.05) is 5.32 Å². The van der Waals surface area contributed by atoms with Crippen molar-refractivity contribution < 1.29 is 0 Å². The van der Waals surface area contributed by atoms with E-state index >= 15 is 0 Å². The summed E-state index contributed by atoms with van der Waals surface area (Å²) in [4.78, 5) is 0. The fourth-order valence-electron chi connectivity index (χ4n) is 2.58. The van der Waals surface area contributed by atoms with Gasteiger partial charge >= 0.3 is 0 Å². The molecule has 0 radical (unpaired) electrons. The van der Waals surface area contributed by atoms with Crippen molar-refractivity contribution in [3.63, 3.8) is 0 Å². The molecule has 0 heterocycles. The van der Waals surface area contributed by atoms with Gasteiger partial charge in [0, 0.05) is 12.1 Å². The second-order valence-corrected chi connectivity index (χ2v) is 6.77. The molecule has 0 aliphatic heterocycles. The Balaban J connectivity index is 3.57. The lowest BCUT2D eigenvalue weighted by Gasteiger charge is -2.12. The van der Waals surface area contributed by atoms with Crippen LogP contribution in [0.3, 0.4) is 0 Å². The topological polar surface area (TPSA) is 12.0 Å². The Morgan fingerprint density at radius 3 is 2.68 bits per heavy atom. The first-order valence-electron chi connectivity index (χ1n) is 9.88. The van der Waals surface area contributed by atoms with Crippen LogP contribution in [-0.4, -0.2) is 0 Å². The van der Waals surface area contributed by atoms with Crippen molar-refractivity contribution in [1.29, 1.82) is 0 Å². The van der Waals surface area contributed by atoms with Crippen LogP contribution < -0.4 is 5.32 Å². The minimum absolute atomic E-state index is 0.554. The van der Waals surface area contributed by atoms with Crippen LogP contribution in [-0.2, 0) is 0 Å². The first kappa shape index (κ1) is 23.1. The van der Waals surface area contributed by atoms with Gasteiger partial charge in [-0.2, -0.15) is 0 Å². The van der Waals surface area contributed by atoms with Crippen LogP contribution in [0.4, 0.5) is 5.69 Å². The number of allylic oxidation sites excluding steroid dienone is 5. The number of anilines is 1. The second kappa shape index (κ2) is 13.2. The molecule has 1 N–H and O–H groups in total. The molecule has 1 heteroatoms. The van der Waals surface area contributed by atoms with Crippen molar-refractivity contribution >= 4 is 11.8 Å². The molecule has 146 valence electrons. The average Bonchev–Trinajstić information content (AvgIpc) is 2.67. The van der Waals surface area contributed by atoms with Crippen molar-refractivity contribution in [1.82, 2.24) is 0 Å². The Hall–Kier alpha value is -2.98. The van der Waals surface area contributed by atoms with E-state index in [0.29, 0.717) is 5.92 Å². The van der Waals surface area contributed by atoms with E-state index in [1.54, 1.807) is 0 Å². The number of hydrogen-bond acceptors (Lipinski definition) is 1. The van der Waals surface area contributed by atoms with E-state index < -0.39 is 0 Å². The second-order valence-electron chi connectivity index (χ2n) is 6.77. The minimum Gasteiger partial charge on any atom is -0.358 e. The highest BCUT2D eigenvalue weighted by molar-refractivity contribution is 5.70. The standard InChI is InChI=1S/C27H33N/c1-7-15-24-19-13-11-12-17-23(6)21-27(26(24)10-4)28-25(16-8-2)20-14-18-22(5)9-3/h4,7-8,11-15,17-22,28H,2,9,16H2,1,3,5-6H3/b12-11?,13-11?,15-7-,17-12?,18-14-,19-13?,23-17?,23-21?,24-19?,25-20+,26-24?,27-21?,27-26?. The molecule has 1 atom stereocenters. The van der Waals surface area contributed by atoms with Gasteiger partial charge < -0.3 is 5.32 Å². The summed E-state index contributed by atoms with van der Waals surface area (Å²) in [5, 5.41) is 3.55. The lowest BCUT2D eigenvalue weighted by molar-refractivity contribution is 0.698. The lowest BCUT2D eigenvalue weighted by Crippen LogP contribution is -2.01. The molecule has 1 aromatic carbocycles. The summed E-state index contributed by atoms with van der Waals surface area (Å²) in [6, 6.07) is 12.3. The molecular weight excluding hydrogens is 338 g/mol. The Morgan fingerprint density at radius 2 is 2.04 bits per heavy atom. The van der Waals surface area contributed by atoms with E-state index in [2.05, 4.69) is 68.9 Å². The Kier molecular flexibility index (Phi) is 10.9. The number of rotatable bonds is 8. The zero-order valence-electron chi connectivity index (χ0n) is 17.7. The molecule has 0 fully saturated rings. The summed E-state index contributed by atoms with van der Waals surface area (Å²) >= 11 is 0. The lowest BCUT2D eigenvalue weighted by atomic mass is 10.1. The van der Waals surface area contributed by atoms with E-state index in [0.717, 1.165) is 40.9 Å². The van der Waals surface area contributed by atoms with E-state index in [9.17, 15) is 0 Å². The van der Waals surface area contributed by atoms with Crippen LogP contribution in [0, 0.1) is 25.2 Å². The van der Waals surface area contributed by atoms with Gasteiger partial charge in [0.1, 0.15) is 0 Å². The van der Waals surface area contributed by atoms with Gasteiger partial charge in [-0.1, -0.05) is 86.9 Å². The van der Waals surface area contributed by atoms with Gasteiger partial charge in [-0.05, 0) is 43.0 Å². The van der Waals surface area contributed by atoms with Gasteiger partial charge in [0.15, 0.2) is 0 Å². The van der Waals surface area contributed by atoms with E-state index in [1.807, 2.05) is 49.4 Å². The maximum Gasteiger partial charge on any atom is 0.0549 e. The van der Waals surface area contributed by atoms with Crippen LogP contribution in [0.2, 0.25) is 0 Å². The first-order chi connectivity index (χ1) is 13.5. The number of nitrogens with one attached hydrogen (secondary N) is 1. The maximum atomic E-state index is 5.93. The van der Waals surface area contributed by atoms with E-state index in [1.165, 1.54) is 0 Å². The SMILES string of the molecule is C#Cc1c(/C=C\C)cccccc(C)cc1N/C(=C/C=C\C(C)CC)CC=C. The first-order valence-corrected chi connectivity index (χ1v) is 9.88. The Morgan fingerprint density at radius 1 is 1.29 bits per heavy atom.